The monoisotopic (exact) mass is 199 g/mol. The number of imide groups is 1. The number of carbonyl (C=O) groups excluding carboxylic acids is 3. The molecule has 0 aliphatic carbocycles. The topological polar surface area (TPSA) is 63.7 Å². The van der Waals surface area contributed by atoms with E-state index < -0.39 is 17.9 Å². The van der Waals surface area contributed by atoms with Gasteiger partial charge in [0.05, 0.1) is 12.5 Å². The van der Waals surface area contributed by atoms with Crippen molar-refractivity contribution in [1.29, 1.82) is 0 Å². The molecule has 1 heterocycles. The largest absolute Gasteiger partial charge is 0.447 e. The summed E-state index contributed by atoms with van der Waals surface area (Å²) in [6, 6.07) is 0. The fourth-order valence-electron chi connectivity index (χ4n) is 1.27. The standard InChI is InChI=1S/C9H13NO4/c1-3-7(11)6(2)8(12)10-4-5-14-9(10)13/h6H,3-5H2,1-2H3. The molecule has 5 heteroatoms. The highest BCUT2D eigenvalue weighted by molar-refractivity contribution is 6.05. The molecule has 0 N–H and O–H groups in total. The molecular formula is C9H13NO4. The minimum atomic E-state index is -0.745. The number of ether oxygens (including phenoxy) is 1. The highest BCUT2D eigenvalue weighted by atomic mass is 16.6. The van der Waals surface area contributed by atoms with Crippen molar-refractivity contribution in [3.05, 3.63) is 0 Å². The number of hydrogen-bond acceptors (Lipinski definition) is 4. The van der Waals surface area contributed by atoms with Crippen LogP contribution in [0.2, 0.25) is 0 Å². The second-order valence-electron chi connectivity index (χ2n) is 3.15. The summed E-state index contributed by atoms with van der Waals surface area (Å²) in [5.41, 5.74) is 0. The van der Waals surface area contributed by atoms with E-state index in [2.05, 4.69) is 4.74 Å². The van der Waals surface area contributed by atoms with E-state index in [1.54, 1.807) is 6.92 Å². The SMILES string of the molecule is CCC(=O)C(C)C(=O)N1CCOC1=O. The van der Waals surface area contributed by atoms with E-state index >= 15 is 0 Å². The fourth-order valence-corrected chi connectivity index (χ4v) is 1.27. The van der Waals surface area contributed by atoms with Crippen molar-refractivity contribution in [2.24, 2.45) is 5.92 Å². The zero-order valence-electron chi connectivity index (χ0n) is 8.28. The Morgan fingerprint density at radius 2 is 2.21 bits per heavy atom. The minimum absolute atomic E-state index is 0.158. The van der Waals surface area contributed by atoms with Crippen LogP contribution in [0.1, 0.15) is 20.3 Å². The lowest BCUT2D eigenvalue weighted by Crippen LogP contribution is -2.38. The first-order valence-corrected chi connectivity index (χ1v) is 4.58. The van der Waals surface area contributed by atoms with E-state index in [0.717, 1.165) is 4.90 Å². The molecule has 0 radical (unpaired) electrons. The molecule has 2 amide bonds. The third-order valence-corrected chi connectivity index (χ3v) is 2.23. The second-order valence-corrected chi connectivity index (χ2v) is 3.15. The maximum absolute atomic E-state index is 11.6. The first-order valence-electron chi connectivity index (χ1n) is 4.58. The van der Waals surface area contributed by atoms with Gasteiger partial charge in [0.25, 0.3) is 0 Å². The van der Waals surface area contributed by atoms with Gasteiger partial charge in [-0.2, -0.15) is 0 Å². The fraction of sp³-hybridized carbons (Fsp3) is 0.667. The quantitative estimate of drug-likeness (QED) is 0.624. The number of rotatable bonds is 3. The molecule has 0 aromatic heterocycles. The van der Waals surface area contributed by atoms with Crippen molar-refractivity contribution in [2.75, 3.05) is 13.2 Å². The highest BCUT2D eigenvalue weighted by Gasteiger charge is 2.33. The van der Waals surface area contributed by atoms with Crippen LogP contribution in [-0.2, 0) is 14.3 Å². The van der Waals surface area contributed by atoms with E-state index in [1.807, 2.05) is 0 Å². The molecule has 0 saturated carbocycles. The summed E-state index contributed by atoms with van der Waals surface area (Å²) < 4.78 is 4.61. The number of cyclic esters (lactones) is 1. The molecule has 1 unspecified atom stereocenters. The Hall–Kier alpha value is -1.39. The molecule has 0 aromatic rings. The summed E-state index contributed by atoms with van der Waals surface area (Å²) in [4.78, 5) is 34.8. The number of hydrogen-bond donors (Lipinski definition) is 0. The summed E-state index contributed by atoms with van der Waals surface area (Å²) in [6.07, 6.45) is -0.346. The molecule has 1 rings (SSSR count). The lowest BCUT2D eigenvalue weighted by molar-refractivity contribution is -0.137. The van der Waals surface area contributed by atoms with Crippen molar-refractivity contribution >= 4 is 17.8 Å². The Labute approximate surface area is 82.0 Å². The van der Waals surface area contributed by atoms with Crippen LogP contribution in [-0.4, -0.2) is 35.8 Å². The second kappa shape index (κ2) is 4.21. The number of Topliss-reactive ketones (excluding diaryl/α,β-unsaturated/α-hetero) is 1. The smallest absolute Gasteiger partial charge is 0.416 e. The van der Waals surface area contributed by atoms with Gasteiger partial charge in [0, 0.05) is 6.42 Å². The third-order valence-electron chi connectivity index (χ3n) is 2.23. The highest BCUT2D eigenvalue weighted by Crippen LogP contribution is 2.11. The van der Waals surface area contributed by atoms with Gasteiger partial charge in [0.15, 0.2) is 0 Å². The van der Waals surface area contributed by atoms with Gasteiger partial charge in [-0.05, 0) is 6.92 Å². The molecule has 1 saturated heterocycles. The Morgan fingerprint density at radius 3 is 2.64 bits per heavy atom. The Kier molecular flexibility index (Phi) is 3.22. The average molecular weight is 199 g/mol. The molecule has 0 bridgehead atoms. The number of nitrogens with zero attached hydrogens (tertiary/aromatic N) is 1. The molecule has 14 heavy (non-hydrogen) atoms. The normalized spacial score (nSPS) is 17.9. The summed E-state index contributed by atoms with van der Waals surface area (Å²) in [6.45, 7) is 3.67. The van der Waals surface area contributed by atoms with E-state index in [9.17, 15) is 14.4 Å². The molecule has 1 aliphatic rings. The molecule has 1 atom stereocenters. The zero-order valence-corrected chi connectivity index (χ0v) is 8.28. The van der Waals surface area contributed by atoms with Gasteiger partial charge < -0.3 is 4.74 Å². The van der Waals surface area contributed by atoms with E-state index in [1.165, 1.54) is 6.92 Å². The molecular weight excluding hydrogens is 186 g/mol. The molecule has 0 spiro atoms. The Balaban J connectivity index is 2.64. The summed E-state index contributed by atoms with van der Waals surface area (Å²) in [7, 11) is 0. The average Bonchev–Trinajstić information content (AvgIpc) is 2.61. The Morgan fingerprint density at radius 1 is 1.57 bits per heavy atom. The summed E-state index contributed by atoms with van der Waals surface area (Å²) >= 11 is 0. The Bertz CT molecular complexity index is 274. The van der Waals surface area contributed by atoms with Gasteiger partial charge >= 0.3 is 6.09 Å². The van der Waals surface area contributed by atoms with Crippen LogP contribution in [0.15, 0.2) is 0 Å². The van der Waals surface area contributed by atoms with Gasteiger partial charge in [0.1, 0.15) is 12.4 Å². The predicted octanol–water partition coefficient (Wildman–Crippen LogP) is 0.580. The lowest BCUT2D eigenvalue weighted by Gasteiger charge is -2.14. The van der Waals surface area contributed by atoms with Gasteiger partial charge in [-0.25, -0.2) is 9.69 Å². The van der Waals surface area contributed by atoms with Crippen molar-refractivity contribution in [3.63, 3.8) is 0 Å². The summed E-state index contributed by atoms with van der Waals surface area (Å²) in [5, 5.41) is 0. The third kappa shape index (κ3) is 1.92. The van der Waals surface area contributed by atoms with Crippen LogP contribution in [0.3, 0.4) is 0 Å². The molecule has 1 aliphatic heterocycles. The zero-order chi connectivity index (χ0) is 10.7. The van der Waals surface area contributed by atoms with Crippen LogP contribution < -0.4 is 0 Å². The molecule has 78 valence electrons. The van der Waals surface area contributed by atoms with Gasteiger partial charge in [-0.3, -0.25) is 9.59 Å². The molecule has 0 aromatic carbocycles. The van der Waals surface area contributed by atoms with Gasteiger partial charge in [0.2, 0.25) is 5.91 Å². The minimum Gasteiger partial charge on any atom is -0.447 e. The number of ketones is 1. The van der Waals surface area contributed by atoms with Crippen LogP contribution in [0, 0.1) is 5.92 Å². The number of carbonyl (C=O) groups is 3. The maximum atomic E-state index is 11.6. The van der Waals surface area contributed by atoms with Crippen LogP contribution in [0.5, 0.6) is 0 Å². The van der Waals surface area contributed by atoms with Crippen LogP contribution in [0.25, 0.3) is 0 Å². The maximum Gasteiger partial charge on any atom is 0.416 e. The summed E-state index contributed by atoms with van der Waals surface area (Å²) in [5.74, 6) is -1.36. The van der Waals surface area contributed by atoms with Crippen molar-refractivity contribution in [2.45, 2.75) is 20.3 Å². The van der Waals surface area contributed by atoms with Crippen molar-refractivity contribution in [3.8, 4) is 0 Å². The molecule has 1 fully saturated rings. The predicted molar refractivity (Wildman–Crippen MR) is 47.5 cm³/mol. The van der Waals surface area contributed by atoms with E-state index in [-0.39, 0.29) is 18.9 Å². The lowest BCUT2D eigenvalue weighted by atomic mass is 10.0. The van der Waals surface area contributed by atoms with Gasteiger partial charge in [-0.1, -0.05) is 6.92 Å². The first kappa shape index (κ1) is 10.7. The van der Waals surface area contributed by atoms with Gasteiger partial charge in [-0.15, -0.1) is 0 Å². The number of amides is 2. The first-order chi connectivity index (χ1) is 6.57. The molecule has 5 nitrogen and oxygen atoms in total. The van der Waals surface area contributed by atoms with Crippen LogP contribution in [0.4, 0.5) is 4.79 Å². The van der Waals surface area contributed by atoms with Crippen molar-refractivity contribution in [1.82, 2.24) is 4.90 Å². The van der Waals surface area contributed by atoms with E-state index in [4.69, 9.17) is 0 Å². The van der Waals surface area contributed by atoms with Crippen LogP contribution >= 0.6 is 0 Å². The van der Waals surface area contributed by atoms with E-state index in [0.29, 0.717) is 6.42 Å². The van der Waals surface area contributed by atoms with Crippen molar-refractivity contribution < 1.29 is 19.1 Å².